The molecular weight excluding hydrogens is 196 g/mol. The molecule has 0 atom stereocenters. The molecule has 0 radical (unpaired) electrons. The van der Waals surface area contributed by atoms with Gasteiger partial charge in [-0.3, -0.25) is 4.98 Å². The van der Waals surface area contributed by atoms with Crippen LogP contribution in [-0.2, 0) is 6.18 Å². The van der Waals surface area contributed by atoms with E-state index in [1.807, 2.05) is 0 Å². The average Bonchev–Trinajstić information content (AvgIpc) is 2.03. The highest BCUT2D eigenvalue weighted by molar-refractivity contribution is 7.94. The Morgan fingerprint density at radius 1 is 1.25 bits per heavy atom. The topological polar surface area (TPSA) is 25.8 Å². The molecular formula is C5H2F4N2S. The fraction of sp³-hybridized carbons (Fsp3) is 0.200. The summed E-state index contributed by atoms with van der Waals surface area (Å²) in [6.45, 7) is 0. The first kappa shape index (κ1) is 9.24. The van der Waals surface area contributed by atoms with Gasteiger partial charge in [0, 0.05) is 0 Å². The number of rotatable bonds is 1. The van der Waals surface area contributed by atoms with Crippen molar-refractivity contribution in [3.8, 4) is 0 Å². The molecule has 0 fully saturated rings. The van der Waals surface area contributed by atoms with Crippen molar-refractivity contribution in [3.05, 3.63) is 18.1 Å². The van der Waals surface area contributed by atoms with E-state index >= 15 is 0 Å². The maximum Gasteiger partial charge on any atom is 0.434 e. The zero-order valence-electron chi connectivity index (χ0n) is 5.47. The normalized spacial score (nSPS) is 11.7. The van der Waals surface area contributed by atoms with Crippen LogP contribution in [0.1, 0.15) is 5.69 Å². The Hall–Kier alpha value is -0.850. The van der Waals surface area contributed by atoms with Gasteiger partial charge in [-0.15, -0.1) is 0 Å². The number of hydrogen-bond donors (Lipinski definition) is 0. The van der Waals surface area contributed by atoms with Gasteiger partial charge in [0.2, 0.25) is 0 Å². The molecule has 7 heteroatoms. The molecule has 0 saturated heterocycles. The van der Waals surface area contributed by atoms with Gasteiger partial charge in [0.15, 0.2) is 5.69 Å². The molecule has 1 rings (SSSR count). The Labute approximate surface area is 69.3 Å². The zero-order chi connectivity index (χ0) is 9.19. The molecule has 1 aromatic rings. The van der Waals surface area contributed by atoms with Crippen LogP contribution in [0.5, 0.6) is 0 Å². The lowest BCUT2D eigenvalue weighted by Gasteiger charge is -2.03. The maximum absolute atomic E-state index is 11.9. The van der Waals surface area contributed by atoms with Crippen LogP contribution in [0, 0.1) is 0 Å². The Morgan fingerprint density at radius 3 is 2.42 bits per heavy atom. The van der Waals surface area contributed by atoms with Crippen LogP contribution in [0.25, 0.3) is 0 Å². The van der Waals surface area contributed by atoms with Crippen molar-refractivity contribution in [2.24, 2.45) is 0 Å². The molecule has 66 valence electrons. The van der Waals surface area contributed by atoms with Gasteiger partial charge in [-0.2, -0.15) is 17.1 Å². The van der Waals surface area contributed by atoms with Gasteiger partial charge in [-0.25, -0.2) is 4.98 Å². The summed E-state index contributed by atoms with van der Waals surface area (Å²) >= 11 is -0.375. The predicted molar refractivity (Wildman–Crippen MR) is 34.0 cm³/mol. The van der Waals surface area contributed by atoms with Gasteiger partial charge in [0.25, 0.3) is 0 Å². The summed E-state index contributed by atoms with van der Waals surface area (Å²) in [5.74, 6) is 0. The minimum atomic E-state index is -4.57. The molecule has 1 aromatic heterocycles. The highest BCUT2D eigenvalue weighted by Crippen LogP contribution is 2.28. The van der Waals surface area contributed by atoms with Gasteiger partial charge in [0.1, 0.15) is 17.2 Å². The third kappa shape index (κ3) is 2.07. The molecule has 0 aliphatic heterocycles. The van der Waals surface area contributed by atoms with Gasteiger partial charge >= 0.3 is 6.18 Å². The van der Waals surface area contributed by atoms with E-state index in [-0.39, 0.29) is 12.1 Å². The van der Waals surface area contributed by atoms with E-state index in [1.165, 1.54) is 0 Å². The zero-order valence-corrected chi connectivity index (χ0v) is 6.29. The monoisotopic (exact) mass is 198 g/mol. The first-order valence-corrected chi connectivity index (χ1v) is 3.43. The molecule has 0 saturated carbocycles. The Balaban J connectivity index is 3.02. The number of aromatic nitrogens is 2. The highest BCUT2D eigenvalue weighted by Gasteiger charge is 2.33. The van der Waals surface area contributed by atoms with E-state index in [0.29, 0.717) is 6.20 Å². The van der Waals surface area contributed by atoms with Crippen LogP contribution in [0.15, 0.2) is 17.4 Å². The third-order valence-electron chi connectivity index (χ3n) is 0.982. The largest absolute Gasteiger partial charge is 0.434 e. The molecule has 0 amide bonds. The fourth-order valence-electron chi connectivity index (χ4n) is 0.522. The van der Waals surface area contributed by atoms with Crippen LogP contribution < -0.4 is 0 Å². The first-order chi connectivity index (χ1) is 5.54. The van der Waals surface area contributed by atoms with Crippen molar-refractivity contribution in [2.75, 3.05) is 0 Å². The van der Waals surface area contributed by atoms with E-state index in [9.17, 15) is 17.1 Å². The second-order valence-electron chi connectivity index (χ2n) is 1.82. The van der Waals surface area contributed by atoms with Crippen molar-refractivity contribution in [3.63, 3.8) is 0 Å². The molecule has 0 N–H and O–H groups in total. The summed E-state index contributed by atoms with van der Waals surface area (Å²) < 4.78 is 47.4. The predicted octanol–water partition coefficient (Wildman–Crippen LogP) is 2.47. The second kappa shape index (κ2) is 3.26. The summed E-state index contributed by atoms with van der Waals surface area (Å²) in [7, 11) is 0. The lowest BCUT2D eigenvalue weighted by atomic mass is 10.4. The molecule has 12 heavy (non-hydrogen) atoms. The van der Waals surface area contributed by atoms with Crippen LogP contribution in [0.2, 0.25) is 0 Å². The maximum atomic E-state index is 11.9. The number of hydrogen-bond acceptors (Lipinski definition) is 3. The summed E-state index contributed by atoms with van der Waals surface area (Å²) in [6, 6.07) is 0. The molecule has 0 unspecified atom stereocenters. The van der Waals surface area contributed by atoms with Crippen LogP contribution >= 0.6 is 12.1 Å². The van der Waals surface area contributed by atoms with Crippen LogP contribution in [0.4, 0.5) is 17.1 Å². The number of halogens is 4. The molecule has 1 heterocycles. The van der Waals surface area contributed by atoms with Crippen molar-refractivity contribution >= 4 is 12.1 Å². The lowest BCUT2D eigenvalue weighted by Crippen LogP contribution is -2.08. The Bertz CT molecular complexity index is 274. The summed E-state index contributed by atoms with van der Waals surface area (Å²) in [5, 5.41) is -0.398. The number of nitrogens with zero attached hydrogens (tertiary/aromatic N) is 2. The van der Waals surface area contributed by atoms with Crippen LogP contribution in [0.3, 0.4) is 0 Å². The van der Waals surface area contributed by atoms with E-state index in [4.69, 9.17) is 0 Å². The van der Waals surface area contributed by atoms with E-state index in [1.54, 1.807) is 0 Å². The molecule has 0 aliphatic carbocycles. The highest BCUT2D eigenvalue weighted by atomic mass is 32.2. The van der Waals surface area contributed by atoms with E-state index < -0.39 is 16.9 Å². The van der Waals surface area contributed by atoms with Crippen LogP contribution in [-0.4, -0.2) is 9.97 Å². The van der Waals surface area contributed by atoms with Crippen molar-refractivity contribution < 1.29 is 17.1 Å². The molecule has 0 aromatic carbocycles. The van der Waals surface area contributed by atoms with Gasteiger partial charge in [-0.05, 0) is 0 Å². The summed E-state index contributed by atoms with van der Waals surface area (Å²) in [5.41, 5.74) is -1.19. The second-order valence-corrected chi connectivity index (χ2v) is 2.39. The Morgan fingerprint density at radius 2 is 1.92 bits per heavy atom. The van der Waals surface area contributed by atoms with Gasteiger partial charge in [0.05, 0.1) is 12.4 Å². The molecule has 0 aliphatic rings. The average molecular weight is 198 g/mol. The van der Waals surface area contributed by atoms with E-state index in [2.05, 4.69) is 9.97 Å². The third-order valence-corrected chi connectivity index (χ3v) is 1.34. The van der Waals surface area contributed by atoms with E-state index in [0.717, 1.165) is 6.20 Å². The first-order valence-electron chi connectivity index (χ1n) is 2.72. The minimum Gasteiger partial charge on any atom is -0.260 e. The molecule has 0 spiro atoms. The number of alkyl halides is 3. The standard InChI is InChI=1S/C5H2F4N2S/c6-5(7,8)3-1-10-2-4(11-3)12-9/h1-2H. The molecule has 2 nitrogen and oxygen atoms in total. The SMILES string of the molecule is FSc1cncc(C(F)(F)F)n1. The van der Waals surface area contributed by atoms with Crippen molar-refractivity contribution in [1.29, 1.82) is 0 Å². The Kier molecular flexibility index (Phi) is 2.51. The lowest BCUT2D eigenvalue weighted by molar-refractivity contribution is -0.141. The van der Waals surface area contributed by atoms with Crippen molar-refractivity contribution in [2.45, 2.75) is 11.2 Å². The smallest absolute Gasteiger partial charge is 0.260 e. The summed E-state index contributed by atoms with van der Waals surface area (Å²) in [4.78, 5) is 6.14. The fourth-order valence-corrected chi connectivity index (χ4v) is 0.755. The van der Waals surface area contributed by atoms with Gasteiger partial charge < -0.3 is 0 Å². The molecule has 0 bridgehead atoms. The minimum absolute atomic E-state index is 0.375. The van der Waals surface area contributed by atoms with Gasteiger partial charge in [-0.1, -0.05) is 0 Å². The van der Waals surface area contributed by atoms with Crippen molar-refractivity contribution in [1.82, 2.24) is 9.97 Å². The summed E-state index contributed by atoms with van der Waals surface area (Å²) in [6.07, 6.45) is -3.11. The quantitative estimate of drug-likeness (QED) is 0.648.